The van der Waals surface area contributed by atoms with Gasteiger partial charge in [-0.3, -0.25) is 9.58 Å². The van der Waals surface area contributed by atoms with Crippen molar-refractivity contribution in [2.45, 2.75) is 39.4 Å². The molecule has 0 fully saturated rings. The summed E-state index contributed by atoms with van der Waals surface area (Å²) in [5, 5.41) is 19.9. The number of phenols is 1. The fourth-order valence-corrected chi connectivity index (χ4v) is 3.30. The fourth-order valence-electron chi connectivity index (χ4n) is 2.78. The summed E-state index contributed by atoms with van der Waals surface area (Å²) in [6.07, 6.45) is 4.20. The number of pyridine rings is 1. The number of hydrogen-bond acceptors (Lipinski definition) is 5. The van der Waals surface area contributed by atoms with Crippen molar-refractivity contribution >= 4 is 34.1 Å². The Bertz CT molecular complexity index is 912. The Labute approximate surface area is 162 Å². The molecular weight excluding hydrogens is 373 g/mol. The summed E-state index contributed by atoms with van der Waals surface area (Å²) >= 11 is 12.2. The number of hydrogen-bond donors (Lipinski definition) is 1. The maximum atomic E-state index is 10.2. The van der Waals surface area contributed by atoms with Crippen LogP contribution in [0, 0.1) is 0 Å². The van der Waals surface area contributed by atoms with Gasteiger partial charge in [0.2, 0.25) is 0 Å². The number of aryl methyl sites for hydroxylation is 1. The van der Waals surface area contributed by atoms with Crippen LogP contribution < -0.4 is 0 Å². The van der Waals surface area contributed by atoms with Gasteiger partial charge in [0, 0.05) is 31.2 Å². The van der Waals surface area contributed by atoms with Gasteiger partial charge in [-0.1, -0.05) is 41.8 Å². The molecule has 3 rings (SSSR count). The highest BCUT2D eigenvalue weighted by molar-refractivity contribution is 6.39. The van der Waals surface area contributed by atoms with Crippen LogP contribution in [0.1, 0.15) is 31.2 Å². The van der Waals surface area contributed by atoms with E-state index in [-0.39, 0.29) is 10.8 Å². The van der Waals surface area contributed by atoms with Gasteiger partial charge >= 0.3 is 0 Å². The summed E-state index contributed by atoms with van der Waals surface area (Å²) in [7, 11) is 1.99. The predicted octanol–water partition coefficient (Wildman–Crippen LogP) is 4.27. The number of rotatable bonds is 7. The van der Waals surface area contributed by atoms with Crippen LogP contribution in [-0.4, -0.2) is 37.0 Å². The van der Waals surface area contributed by atoms with Gasteiger partial charge in [-0.2, -0.15) is 0 Å². The Balaban J connectivity index is 1.72. The van der Waals surface area contributed by atoms with Crippen molar-refractivity contribution in [3.05, 3.63) is 45.8 Å². The monoisotopic (exact) mass is 393 g/mol. The third kappa shape index (κ3) is 4.26. The van der Waals surface area contributed by atoms with Gasteiger partial charge in [0.15, 0.2) is 5.75 Å². The lowest BCUT2D eigenvalue weighted by molar-refractivity contribution is 0.311. The summed E-state index contributed by atoms with van der Waals surface area (Å²) < 4.78 is 1.88. The number of halogens is 2. The van der Waals surface area contributed by atoms with Crippen molar-refractivity contribution < 1.29 is 5.11 Å². The zero-order chi connectivity index (χ0) is 18.7. The molecule has 2 heterocycles. The summed E-state index contributed by atoms with van der Waals surface area (Å²) in [5.74, 6) is -0.0468. The Morgan fingerprint density at radius 3 is 2.69 bits per heavy atom. The van der Waals surface area contributed by atoms with Gasteiger partial charge in [-0.05, 0) is 31.7 Å². The van der Waals surface area contributed by atoms with Crippen LogP contribution in [0.15, 0.2) is 24.4 Å². The van der Waals surface area contributed by atoms with Crippen molar-refractivity contribution in [1.82, 2.24) is 24.9 Å². The van der Waals surface area contributed by atoms with Crippen LogP contribution in [0.25, 0.3) is 10.9 Å². The van der Waals surface area contributed by atoms with Gasteiger partial charge in [-0.15, -0.1) is 5.10 Å². The average Bonchev–Trinajstić information content (AvgIpc) is 3.05. The topological polar surface area (TPSA) is 67.1 Å². The molecule has 6 nitrogen and oxygen atoms in total. The van der Waals surface area contributed by atoms with E-state index in [1.54, 1.807) is 0 Å². The molecule has 0 saturated carbocycles. The number of phenolic OH excluding ortho intramolecular Hbond substituents is 1. The van der Waals surface area contributed by atoms with E-state index in [9.17, 15) is 5.11 Å². The molecule has 0 saturated heterocycles. The Hall–Kier alpha value is -1.89. The summed E-state index contributed by atoms with van der Waals surface area (Å²) in [6, 6.07) is 5.27. The van der Waals surface area contributed by atoms with Gasteiger partial charge in [0.1, 0.15) is 5.52 Å². The molecular formula is C18H21Cl2N5O. The largest absolute Gasteiger partial charge is 0.504 e. The van der Waals surface area contributed by atoms with Gasteiger partial charge in [-0.25, -0.2) is 4.98 Å². The van der Waals surface area contributed by atoms with Gasteiger partial charge in [0.05, 0.1) is 21.4 Å². The zero-order valence-corrected chi connectivity index (χ0v) is 16.3. The summed E-state index contributed by atoms with van der Waals surface area (Å²) in [5.41, 5.74) is 2.14. The molecule has 138 valence electrons. The molecule has 1 N–H and O–H groups in total. The molecule has 3 aromatic rings. The average molecular weight is 394 g/mol. The number of aromatic nitrogens is 4. The van der Waals surface area contributed by atoms with E-state index in [1.807, 2.05) is 30.1 Å². The van der Waals surface area contributed by atoms with Crippen LogP contribution >= 0.6 is 23.2 Å². The number of aromatic hydroxyl groups is 1. The number of unbranched alkanes of at least 4 members (excludes halogenated alkanes) is 1. The predicted molar refractivity (Wildman–Crippen MR) is 104 cm³/mol. The highest BCUT2D eigenvalue weighted by Crippen LogP contribution is 2.36. The number of benzene rings is 1. The van der Waals surface area contributed by atoms with E-state index >= 15 is 0 Å². The molecule has 2 aromatic heterocycles. The lowest BCUT2D eigenvalue weighted by Gasteiger charge is -2.15. The fraction of sp³-hybridized carbons (Fsp3) is 0.389. The molecule has 0 radical (unpaired) electrons. The molecule has 0 spiro atoms. The minimum atomic E-state index is -0.0468. The quantitative estimate of drug-likeness (QED) is 0.648. The van der Waals surface area contributed by atoms with Gasteiger partial charge < -0.3 is 5.11 Å². The van der Waals surface area contributed by atoms with Crippen LogP contribution in [0.4, 0.5) is 0 Å². The lowest BCUT2D eigenvalue weighted by atomic mass is 10.2. The van der Waals surface area contributed by atoms with Crippen LogP contribution in [0.3, 0.4) is 0 Å². The minimum Gasteiger partial charge on any atom is -0.504 e. The molecule has 0 aliphatic rings. The molecule has 0 unspecified atom stereocenters. The number of fused-ring (bicyclic) bond motifs is 1. The van der Waals surface area contributed by atoms with Crippen molar-refractivity contribution in [2.24, 2.45) is 0 Å². The smallest absolute Gasteiger partial charge is 0.160 e. The van der Waals surface area contributed by atoms with E-state index < -0.39 is 0 Å². The first kappa shape index (κ1) is 18.9. The van der Waals surface area contributed by atoms with Gasteiger partial charge in [0.25, 0.3) is 0 Å². The Morgan fingerprint density at radius 2 is 1.92 bits per heavy atom. The van der Waals surface area contributed by atoms with E-state index in [0.717, 1.165) is 30.8 Å². The summed E-state index contributed by atoms with van der Waals surface area (Å²) in [6.45, 7) is 4.30. The van der Waals surface area contributed by atoms with E-state index in [2.05, 4.69) is 27.1 Å². The molecule has 0 aliphatic heterocycles. The molecule has 26 heavy (non-hydrogen) atoms. The summed E-state index contributed by atoms with van der Waals surface area (Å²) in [4.78, 5) is 6.61. The maximum Gasteiger partial charge on any atom is 0.160 e. The maximum absolute atomic E-state index is 10.2. The first-order chi connectivity index (χ1) is 12.5. The standard InChI is InChI=1S/C18H21Cl2N5O/c1-3-4-7-25-11-13(22-23-25)10-24(2)9-12-5-6-14-15(19)8-16(20)18(26)17(14)21-12/h5-6,8,11,26H,3-4,7,9-10H2,1-2H3. The molecule has 1 aromatic carbocycles. The van der Waals surface area contributed by atoms with Crippen LogP contribution in [0.2, 0.25) is 10.0 Å². The van der Waals surface area contributed by atoms with Crippen molar-refractivity contribution in [3.8, 4) is 5.75 Å². The highest BCUT2D eigenvalue weighted by atomic mass is 35.5. The van der Waals surface area contributed by atoms with E-state index in [0.29, 0.717) is 29.0 Å². The van der Waals surface area contributed by atoms with E-state index in [4.69, 9.17) is 23.2 Å². The first-order valence-electron chi connectivity index (χ1n) is 8.52. The first-order valence-corrected chi connectivity index (χ1v) is 9.27. The zero-order valence-electron chi connectivity index (χ0n) is 14.8. The second-order valence-electron chi connectivity index (χ2n) is 6.39. The highest BCUT2D eigenvalue weighted by Gasteiger charge is 2.13. The third-order valence-electron chi connectivity index (χ3n) is 4.10. The third-order valence-corrected chi connectivity index (χ3v) is 4.71. The van der Waals surface area contributed by atoms with Crippen molar-refractivity contribution in [1.29, 1.82) is 0 Å². The van der Waals surface area contributed by atoms with E-state index in [1.165, 1.54) is 6.07 Å². The normalized spacial score (nSPS) is 11.6. The molecule has 0 atom stereocenters. The SMILES string of the molecule is CCCCn1cc(CN(C)Cc2ccc3c(Cl)cc(Cl)c(O)c3n2)nn1. The molecule has 0 amide bonds. The van der Waals surface area contributed by atoms with Crippen molar-refractivity contribution in [2.75, 3.05) is 7.05 Å². The molecule has 0 aliphatic carbocycles. The second kappa shape index (κ2) is 8.20. The van der Waals surface area contributed by atoms with Crippen LogP contribution in [0.5, 0.6) is 5.75 Å². The molecule has 8 heteroatoms. The Morgan fingerprint density at radius 1 is 1.15 bits per heavy atom. The lowest BCUT2D eigenvalue weighted by Crippen LogP contribution is -2.18. The number of nitrogens with zero attached hydrogens (tertiary/aromatic N) is 5. The Kier molecular flexibility index (Phi) is 5.96. The van der Waals surface area contributed by atoms with Crippen LogP contribution in [-0.2, 0) is 19.6 Å². The van der Waals surface area contributed by atoms with Crippen molar-refractivity contribution in [3.63, 3.8) is 0 Å². The molecule has 0 bridgehead atoms. The minimum absolute atomic E-state index is 0.0468. The second-order valence-corrected chi connectivity index (χ2v) is 7.20.